The predicted octanol–water partition coefficient (Wildman–Crippen LogP) is 6.62. The SMILES string of the molecule is CCN(C)c1ccccc1-c1ccc(C(C)=O)c(NC)c1.O=Cc1cncc(-c2ccccc2)c1. The quantitative estimate of drug-likeness (QED) is 0.246. The van der Waals surface area contributed by atoms with Gasteiger partial charge in [-0.3, -0.25) is 14.6 Å². The first-order valence-corrected chi connectivity index (χ1v) is 11.6. The normalized spacial score (nSPS) is 10.1. The molecule has 0 aliphatic carbocycles. The van der Waals surface area contributed by atoms with E-state index in [1.807, 2.05) is 73.8 Å². The van der Waals surface area contributed by atoms with Gasteiger partial charge in [-0.05, 0) is 49.2 Å². The number of benzene rings is 3. The number of carbonyl (C=O) groups excluding carboxylic acids is 2. The van der Waals surface area contributed by atoms with E-state index in [4.69, 9.17) is 0 Å². The molecule has 4 aromatic rings. The second-order valence-electron chi connectivity index (χ2n) is 8.09. The van der Waals surface area contributed by atoms with E-state index in [2.05, 4.69) is 41.3 Å². The number of rotatable bonds is 7. The van der Waals surface area contributed by atoms with E-state index in [0.29, 0.717) is 5.56 Å². The number of pyridine rings is 1. The second kappa shape index (κ2) is 12.3. The van der Waals surface area contributed by atoms with E-state index in [1.54, 1.807) is 19.3 Å². The van der Waals surface area contributed by atoms with Gasteiger partial charge in [-0.1, -0.05) is 54.6 Å². The van der Waals surface area contributed by atoms with Crippen molar-refractivity contribution in [1.29, 1.82) is 0 Å². The van der Waals surface area contributed by atoms with Crippen LogP contribution in [0.3, 0.4) is 0 Å². The third kappa shape index (κ3) is 6.42. The van der Waals surface area contributed by atoms with Crippen molar-refractivity contribution in [1.82, 2.24) is 4.98 Å². The Morgan fingerprint density at radius 2 is 1.63 bits per heavy atom. The van der Waals surface area contributed by atoms with Crippen LogP contribution in [-0.2, 0) is 0 Å². The lowest BCUT2D eigenvalue weighted by Crippen LogP contribution is -2.16. The molecule has 4 rings (SSSR count). The van der Waals surface area contributed by atoms with E-state index in [9.17, 15) is 9.59 Å². The fraction of sp³-hybridized carbons (Fsp3) is 0.167. The molecule has 0 saturated heterocycles. The molecule has 3 aromatic carbocycles. The van der Waals surface area contributed by atoms with Crippen LogP contribution in [-0.4, -0.2) is 37.7 Å². The number of nitrogens with zero attached hydrogens (tertiary/aromatic N) is 2. The average molecular weight is 466 g/mol. The van der Waals surface area contributed by atoms with E-state index in [0.717, 1.165) is 40.8 Å². The molecular weight excluding hydrogens is 434 g/mol. The van der Waals surface area contributed by atoms with Crippen molar-refractivity contribution in [2.24, 2.45) is 0 Å². The average Bonchev–Trinajstić information content (AvgIpc) is 2.93. The van der Waals surface area contributed by atoms with Gasteiger partial charge in [0.25, 0.3) is 0 Å². The molecule has 1 aromatic heterocycles. The summed E-state index contributed by atoms with van der Waals surface area (Å²) in [5.74, 6) is 0.0739. The molecule has 0 unspecified atom stereocenters. The zero-order valence-corrected chi connectivity index (χ0v) is 20.7. The highest BCUT2D eigenvalue weighted by molar-refractivity contribution is 6.00. The minimum absolute atomic E-state index is 0.0739. The summed E-state index contributed by atoms with van der Waals surface area (Å²) >= 11 is 0. The summed E-state index contributed by atoms with van der Waals surface area (Å²) in [5, 5.41) is 3.12. The first-order chi connectivity index (χ1) is 17.0. The number of nitrogens with one attached hydrogen (secondary N) is 1. The van der Waals surface area contributed by atoms with Crippen molar-refractivity contribution in [3.05, 3.63) is 102 Å². The number of carbonyl (C=O) groups is 2. The number of hydrogen-bond acceptors (Lipinski definition) is 5. The van der Waals surface area contributed by atoms with E-state index < -0.39 is 0 Å². The summed E-state index contributed by atoms with van der Waals surface area (Å²) in [6.07, 6.45) is 4.11. The molecule has 0 fully saturated rings. The zero-order valence-electron chi connectivity index (χ0n) is 20.7. The molecule has 0 amide bonds. The molecule has 1 heterocycles. The van der Waals surface area contributed by atoms with Crippen LogP contribution in [0.5, 0.6) is 0 Å². The third-order valence-electron chi connectivity index (χ3n) is 5.77. The van der Waals surface area contributed by atoms with Gasteiger partial charge in [-0.25, -0.2) is 0 Å². The lowest BCUT2D eigenvalue weighted by molar-refractivity contribution is 0.101. The minimum Gasteiger partial charge on any atom is -0.388 e. The monoisotopic (exact) mass is 465 g/mol. The number of aldehydes is 1. The summed E-state index contributed by atoms with van der Waals surface area (Å²) in [5.41, 5.74) is 7.72. The number of Topliss-reactive ketones (excluding diaryl/α,β-unsaturated/α-hetero) is 1. The van der Waals surface area contributed by atoms with Crippen LogP contribution in [0.1, 0.15) is 34.6 Å². The van der Waals surface area contributed by atoms with Crippen molar-refractivity contribution in [2.45, 2.75) is 13.8 Å². The first kappa shape index (κ1) is 25.4. The van der Waals surface area contributed by atoms with Crippen LogP contribution >= 0.6 is 0 Å². The maximum atomic E-state index is 11.6. The molecule has 0 aliphatic heterocycles. The Balaban J connectivity index is 0.000000211. The number of aromatic nitrogens is 1. The van der Waals surface area contributed by atoms with Crippen LogP contribution in [0.25, 0.3) is 22.3 Å². The van der Waals surface area contributed by atoms with Crippen LogP contribution < -0.4 is 10.2 Å². The van der Waals surface area contributed by atoms with E-state index in [1.165, 1.54) is 11.3 Å². The number of anilines is 2. The lowest BCUT2D eigenvalue weighted by atomic mass is 9.99. The summed E-state index contributed by atoms with van der Waals surface area (Å²) < 4.78 is 0. The molecule has 178 valence electrons. The predicted molar refractivity (Wildman–Crippen MR) is 145 cm³/mol. The maximum Gasteiger partial charge on any atom is 0.161 e. The topological polar surface area (TPSA) is 62.3 Å². The Labute approximate surface area is 207 Å². The smallest absolute Gasteiger partial charge is 0.161 e. The van der Waals surface area contributed by atoms with Crippen LogP contribution in [0, 0.1) is 0 Å². The Morgan fingerprint density at radius 1 is 0.914 bits per heavy atom. The Bertz CT molecular complexity index is 1290. The van der Waals surface area contributed by atoms with Crippen molar-refractivity contribution >= 4 is 23.4 Å². The van der Waals surface area contributed by atoms with Gasteiger partial charge in [0.15, 0.2) is 12.1 Å². The number of ketones is 1. The summed E-state index contributed by atoms with van der Waals surface area (Å²) in [4.78, 5) is 28.4. The molecule has 0 radical (unpaired) electrons. The molecule has 1 N–H and O–H groups in total. The van der Waals surface area contributed by atoms with Gasteiger partial charge in [0.05, 0.1) is 0 Å². The maximum absolute atomic E-state index is 11.6. The van der Waals surface area contributed by atoms with Gasteiger partial charge in [0.1, 0.15) is 0 Å². The first-order valence-electron chi connectivity index (χ1n) is 11.6. The largest absolute Gasteiger partial charge is 0.388 e. The Morgan fingerprint density at radius 3 is 2.29 bits per heavy atom. The number of para-hydroxylation sites is 1. The highest BCUT2D eigenvalue weighted by Gasteiger charge is 2.11. The fourth-order valence-electron chi connectivity index (χ4n) is 3.76. The second-order valence-corrected chi connectivity index (χ2v) is 8.09. The minimum atomic E-state index is 0.0739. The van der Waals surface area contributed by atoms with Crippen LogP contribution in [0.2, 0.25) is 0 Å². The molecule has 0 atom stereocenters. The summed E-state index contributed by atoms with van der Waals surface area (Å²) in [6, 6.07) is 26.0. The molecule has 0 saturated carbocycles. The standard InChI is InChI=1S/C18H22N2O.C12H9NO/c1-5-20(4)18-9-7-6-8-16(18)14-10-11-15(13(2)21)17(12-14)19-3;14-9-10-6-12(8-13-7-10)11-4-2-1-3-5-11/h6-12,19H,5H2,1-4H3;1-9H. The lowest BCUT2D eigenvalue weighted by Gasteiger charge is -2.21. The zero-order chi connectivity index (χ0) is 25.2. The van der Waals surface area contributed by atoms with Crippen molar-refractivity contribution < 1.29 is 9.59 Å². The highest BCUT2D eigenvalue weighted by Crippen LogP contribution is 2.32. The summed E-state index contributed by atoms with van der Waals surface area (Å²) in [7, 11) is 3.93. The van der Waals surface area contributed by atoms with Crippen LogP contribution in [0.15, 0.2) is 91.3 Å². The molecular formula is C30H31N3O2. The van der Waals surface area contributed by atoms with Gasteiger partial charge >= 0.3 is 0 Å². The number of hydrogen-bond donors (Lipinski definition) is 1. The van der Waals surface area contributed by atoms with Crippen molar-refractivity contribution in [3.63, 3.8) is 0 Å². The fourth-order valence-corrected chi connectivity index (χ4v) is 3.76. The summed E-state index contributed by atoms with van der Waals surface area (Å²) in [6.45, 7) is 4.67. The Hall–Kier alpha value is -4.25. The molecule has 5 nitrogen and oxygen atoms in total. The van der Waals surface area contributed by atoms with E-state index >= 15 is 0 Å². The molecule has 35 heavy (non-hydrogen) atoms. The van der Waals surface area contributed by atoms with Crippen LogP contribution in [0.4, 0.5) is 11.4 Å². The van der Waals surface area contributed by atoms with Gasteiger partial charge in [0, 0.05) is 66.7 Å². The van der Waals surface area contributed by atoms with Gasteiger partial charge in [0.2, 0.25) is 0 Å². The van der Waals surface area contributed by atoms with E-state index in [-0.39, 0.29) is 5.78 Å². The van der Waals surface area contributed by atoms with Crippen molar-refractivity contribution in [3.8, 4) is 22.3 Å². The molecule has 5 heteroatoms. The van der Waals surface area contributed by atoms with Crippen molar-refractivity contribution in [2.75, 3.05) is 30.9 Å². The molecule has 0 bridgehead atoms. The Kier molecular flexibility index (Phi) is 8.90. The third-order valence-corrected chi connectivity index (χ3v) is 5.77. The molecule has 0 spiro atoms. The van der Waals surface area contributed by atoms with Gasteiger partial charge in [-0.2, -0.15) is 0 Å². The van der Waals surface area contributed by atoms with Gasteiger partial charge in [-0.15, -0.1) is 0 Å². The highest BCUT2D eigenvalue weighted by atomic mass is 16.1. The molecule has 0 aliphatic rings. The van der Waals surface area contributed by atoms with Gasteiger partial charge < -0.3 is 10.2 Å².